The van der Waals surface area contributed by atoms with Gasteiger partial charge < -0.3 is 0 Å². The number of imide groups is 1. The summed E-state index contributed by atoms with van der Waals surface area (Å²) in [4.78, 5) is 30.2. The average Bonchev–Trinajstić information content (AvgIpc) is 2.74. The van der Waals surface area contributed by atoms with E-state index in [-0.39, 0.29) is 18.4 Å². The number of pyridine rings is 1. The third kappa shape index (κ3) is 2.14. The Morgan fingerprint density at radius 2 is 1.81 bits per heavy atom. The van der Waals surface area contributed by atoms with Crippen molar-refractivity contribution in [3.8, 4) is 0 Å². The lowest BCUT2D eigenvalue weighted by molar-refractivity contribution is 0.0640. The van der Waals surface area contributed by atoms with Crippen molar-refractivity contribution in [2.75, 3.05) is 0 Å². The van der Waals surface area contributed by atoms with Crippen molar-refractivity contribution in [3.05, 3.63) is 71.1 Å². The first-order valence-corrected chi connectivity index (χ1v) is 6.65. The van der Waals surface area contributed by atoms with E-state index < -0.39 is 0 Å². The first-order chi connectivity index (χ1) is 10.1. The molecule has 0 radical (unpaired) electrons. The molecule has 0 aliphatic carbocycles. The van der Waals surface area contributed by atoms with Gasteiger partial charge in [-0.1, -0.05) is 24.8 Å². The molecule has 0 saturated carbocycles. The Balaban J connectivity index is 1.92. The second kappa shape index (κ2) is 4.98. The Kier molecular flexibility index (Phi) is 3.14. The minimum atomic E-state index is -0.260. The van der Waals surface area contributed by atoms with Crippen LogP contribution >= 0.6 is 0 Å². The van der Waals surface area contributed by atoms with Crippen molar-refractivity contribution in [2.45, 2.75) is 13.5 Å². The normalized spacial score (nSPS) is 13.5. The van der Waals surface area contributed by atoms with Crippen LogP contribution in [0.1, 0.15) is 37.5 Å². The highest BCUT2D eigenvalue weighted by atomic mass is 16.2. The zero-order chi connectivity index (χ0) is 15.0. The van der Waals surface area contributed by atoms with Crippen LogP contribution < -0.4 is 0 Å². The molecule has 2 aromatic rings. The molecule has 0 saturated heterocycles. The van der Waals surface area contributed by atoms with E-state index in [1.165, 1.54) is 4.90 Å². The number of rotatable bonds is 3. The molecule has 0 bridgehead atoms. The molecule has 1 aliphatic rings. The number of nitrogens with zero attached hydrogens (tertiary/aromatic N) is 2. The van der Waals surface area contributed by atoms with Crippen LogP contribution in [0.25, 0.3) is 6.08 Å². The van der Waals surface area contributed by atoms with E-state index >= 15 is 0 Å². The first-order valence-electron chi connectivity index (χ1n) is 6.65. The summed E-state index contributed by atoms with van der Waals surface area (Å²) in [7, 11) is 0. The van der Waals surface area contributed by atoms with E-state index in [1.807, 2.05) is 13.0 Å². The molecular weight excluding hydrogens is 264 g/mol. The Hall–Kier alpha value is -2.75. The second-order valence-corrected chi connectivity index (χ2v) is 4.98. The minimum absolute atomic E-state index is 0.190. The summed E-state index contributed by atoms with van der Waals surface area (Å²) in [5.74, 6) is -0.519. The van der Waals surface area contributed by atoms with Gasteiger partial charge in [0.1, 0.15) is 0 Å². The van der Waals surface area contributed by atoms with Crippen molar-refractivity contribution >= 4 is 17.9 Å². The summed E-state index contributed by atoms with van der Waals surface area (Å²) in [6, 6.07) is 8.81. The Labute approximate surface area is 122 Å². The van der Waals surface area contributed by atoms with Gasteiger partial charge in [0, 0.05) is 6.20 Å². The van der Waals surface area contributed by atoms with Gasteiger partial charge in [-0.15, -0.1) is 0 Å². The van der Waals surface area contributed by atoms with Crippen LogP contribution in [-0.4, -0.2) is 21.7 Å². The van der Waals surface area contributed by atoms with E-state index in [0.717, 1.165) is 16.8 Å². The minimum Gasteiger partial charge on any atom is -0.269 e. The topological polar surface area (TPSA) is 50.3 Å². The Morgan fingerprint density at radius 1 is 1.19 bits per heavy atom. The third-order valence-electron chi connectivity index (χ3n) is 3.63. The summed E-state index contributed by atoms with van der Waals surface area (Å²) in [6.07, 6.45) is 3.40. The van der Waals surface area contributed by atoms with E-state index in [2.05, 4.69) is 11.6 Å². The highest BCUT2D eigenvalue weighted by Crippen LogP contribution is 2.24. The monoisotopic (exact) mass is 278 g/mol. The number of carbonyl (C=O) groups is 2. The van der Waals surface area contributed by atoms with Gasteiger partial charge in [0.25, 0.3) is 11.8 Å². The molecule has 3 rings (SSSR count). The maximum atomic E-state index is 12.3. The van der Waals surface area contributed by atoms with Gasteiger partial charge >= 0.3 is 0 Å². The Morgan fingerprint density at radius 3 is 2.33 bits per heavy atom. The van der Waals surface area contributed by atoms with Gasteiger partial charge in [-0.05, 0) is 36.2 Å². The van der Waals surface area contributed by atoms with Crippen LogP contribution in [0.5, 0.6) is 0 Å². The number of benzene rings is 1. The molecule has 1 aromatic carbocycles. The summed E-state index contributed by atoms with van der Waals surface area (Å²) in [5, 5.41) is 0. The van der Waals surface area contributed by atoms with Crippen LogP contribution in [0.3, 0.4) is 0 Å². The van der Waals surface area contributed by atoms with Crippen LogP contribution in [0.4, 0.5) is 0 Å². The van der Waals surface area contributed by atoms with Gasteiger partial charge in [-0.25, -0.2) is 0 Å². The molecule has 2 amide bonds. The van der Waals surface area contributed by atoms with Crippen molar-refractivity contribution < 1.29 is 9.59 Å². The molecule has 0 N–H and O–H groups in total. The summed E-state index contributed by atoms with van der Waals surface area (Å²) in [5.41, 5.74) is 3.49. The zero-order valence-corrected chi connectivity index (χ0v) is 11.7. The lowest BCUT2D eigenvalue weighted by atomic mass is 10.1. The standard InChI is InChI=1S/C17H14N2O2/c1-3-12-8-11(2)15(18-9-12)10-19-16(20)13-6-4-5-7-14(13)17(19)21/h3-9H,1,10H2,2H3. The van der Waals surface area contributed by atoms with Gasteiger partial charge in [0.2, 0.25) is 0 Å². The molecule has 1 aromatic heterocycles. The number of carbonyl (C=O) groups excluding carboxylic acids is 2. The van der Waals surface area contributed by atoms with Crippen molar-refractivity contribution in [2.24, 2.45) is 0 Å². The molecule has 0 fully saturated rings. The molecule has 2 heterocycles. The molecule has 0 spiro atoms. The van der Waals surface area contributed by atoms with E-state index in [1.54, 1.807) is 36.5 Å². The predicted molar refractivity (Wildman–Crippen MR) is 79.7 cm³/mol. The summed E-state index contributed by atoms with van der Waals surface area (Å²) < 4.78 is 0. The fraction of sp³-hybridized carbons (Fsp3) is 0.118. The highest BCUT2D eigenvalue weighted by Gasteiger charge is 2.35. The van der Waals surface area contributed by atoms with Crippen LogP contribution in [0.15, 0.2) is 43.1 Å². The van der Waals surface area contributed by atoms with Crippen LogP contribution in [0.2, 0.25) is 0 Å². The predicted octanol–water partition coefficient (Wildman–Crippen LogP) is 2.83. The van der Waals surface area contributed by atoms with Gasteiger partial charge in [0.05, 0.1) is 23.4 Å². The van der Waals surface area contributed by atoms with Gasteiger partial charge in [-0.2, -0.15) is 0 Å². The largest absolute Gasteiger partial charge is 0.269 e. The van der Waals surface area contributed by atoms with E-state index in [9.17, 15) is 9.59 Å². The third-order valence-corrected chi connectivity index (χ3v) is 3.63. The first kappa shape index (κ1) is 13.2. The number of aromatic nitrogens is 1. The number of amides is 2. The molecule has 4 nitrogen and oxygen atoms in total. The molecule has 104 valence electrons. The van der Waals surface area contributed by atoms with E-state index in [0.29, 0.717) is 11.1 Å². The van der Waals surface area contributed by atoms with E-state index in [4.69, 9.17) is 0 Å². The summed E-state index contributed by atoms with van der Waals surface area (Å²) in [6.45, 7) is 5.80. The molecule has 1 aliphatic heterocycles. The maximum absolute atomic E-state index is 12.3. The van der Waals surface area contributed by atoms with Crippen LogP contribution in [-0.2, 0) is 6.54 Å². The summed E-state index contributed by atoms with van der Waals surface area (Å²) >= 11 is 0. The number of hydrogen-bond donors (Lipinski definition) is 0. The van der Waals surface area contributed by atoms with Crippen molar-refractivity contribution in [1.29, 1.82) is 0 Å². The molecule has 0 unspecified atom stereocenters. The number of fused-ring (bicyclic) bond motifs is 1. The quantitative estimate of drug-likeness (QED) is 0.811. The lowest BCUT2D eigenvalue weighted by Crippen LogP contribution is -2.29. The molecule has 21 heavy (non-hydrogen) atoms. The van der Waals surface area contributed by atoms with Crippen molar-refractivity contribution in [1.82, 2.24) is 9.88 Å². The van der Waals surface area contributed by atoms with Crippen LogP contribution in [0, 0.1) is 6.92 Å². The molecule has 4 heteroatoms. The number of hydrogen-bond acceptors (Lipinski definition) is 3. The lowest BCUT2D eigenvalue weighted by Gasteiger charge is -2.15. The maximum Gasteiger partial charge on any atom is 0.261 e. The van der Waals surface area contributed by atoms with Gasteiger partial charge in [0.15, 0.2) is 0 Å². The Bertz CT molecular complexity index is 730. The molecule has 0 atom stereocenters. The number of aryl methyl sites for hydroxylation is 1. The zero-order valence-electron chi connectivity index (χ0n) is 11.7. The molecular formula is C17H14N2O2. The fourth-order valence-corrected chi connectivity index (χ4v) is 2.43. The second-order valence-electron chi connectivity index (χ2n) is 4.98. The average molecular weight is 278 g/mol. The highest BCUT2D eigenvalue weighted by molar-refractivity contribution is 6.21. The fourth-order valence-electron chi connectivity index (χ4n) is 2.43. The van der Waals surface area contributed by atoms with Gasteiger partial charge in [-0.3, -0.25) is 19.5 Å². The smallest absolute Gasteiger partial charge is 0.261 e. The van der Waals surface area contributed by atoms with Crippen molar-refractivity contribution in [3.63, 3.8) is 0 Å². The SMILES string of the molecule is C=Cc1cnc(CN2C(=O)c3ccccc3C2=O)c(C)c1.